The topological polar surface area (TPSA) is 58.9 Å². The third kappa shape index (κ3) is 1.68. The molecule has 0 spiro atoms. The van der Waals surface area contributed by atoms with Crippen molar-refractivity contribution in [2.24, 2.45) is 0 Å². The predicted octanol–water partition coefficient (Wildman–Crippen LogP) is 3.40. The summed E-state index contributed by atoms with van der Waals surface area (Å²) in [4.78, 5) is 10.8. The Morgan fingerprint density at radius 1 is 1.35 bits per heavy atom. The van der Waals surface area contributed by atoms with Gasteiger partial charge in [0, 0.05) is 9.86 Å². The molecule has 0 amide bonds. The van der Waals surface area contributed by atoms with Gasteiger partial charge in [0.05, 0.1) is 11.8 Å². The van der Waals surface area contributed by atoms with E-state index in [4.69, 9.17) is 4.42 Å². The van der Waals surface area contributed by atoms with Gasteiger partial charge in [-0.15, -0.1) is 0 Å². The Kier molecular flexibility index (Phi) is 2.33. The van der Waals surface area contributed by atoms with Gasteiger partial charge in [-0.05, 0) is 24.3 Å². The maximum atomic E-state index is 10.8. The average Bonchev–Trinajstić information content (AvgIpc) is 2.93. The highest BCUT2D eigenvalue weighted by Gasteiger charge is 2.12. The molecule has 2 aromatic heterocycles. The van der Waals surface area contributed by atoms with Crippen LogP contribution in [-0.2, 0) is 0 Å². The third-order valence-electron chi connectivity index (χ3n) is 2.52. The van der Waals surface area contributed by atoms with Crippen LogP contribution < -0.4 is 0 Å². The van der Waals surface area contributed by atoms with E-state index in [1.807, 2.05) is 24.3 Å². The first-order valence-electron chi connectivity index (χ1n) is 4.96. The molecule has 4 nitrogen and oxygen atoms in total. The van der Waals surface area contributed by atoms with Gasteiger partial charge in [-0.25, -0.2) is 0 Å². The number of furan rings is 1. The highest BCUT2D eigenvalue weighted by molar-refractivity contribution is 9.10. The van der Waals surface area contributed by atoms with Crippen LogP contribution in [0, 0.1) is 0 Å². The molecule has 0 fully saturated rings. The van der Waals surface area contributed by atoms with E-state index in [9.17, 15) is 4.79 Å². The molecule has 0 unspecified atom stereocenters. The number of benzene rings is 1. The number of aromatic amines is 1. The summed E-state index contributed by atoms with van der Waals surface area (Å²) in [5.41, 5.74) is 1.87. The highest BCUT2D eigenvalue weighted by Crippen LogP contribution is 2.29. The number of H-pyrrole nitrogens is 1. The van der Waals surface area contributed by atoms with Crippen LogP contribution in [0.1, 0.15) is 10.4 Å². The van der Waals surface area contributed by atoms with E-state index in [1.165, 1.54) is 6.20 Å². The van der Waals surface area contributed by atoms with Crippen LogP contribution >= 0.6 is 15.9 Å². The van der Waals surface area contributed by atoms with Crippen molar-refractivity contribution < 1.29 is 9.21 Å². The highest BCUT2D eigenvalue weighted by atomic mass is 79.9. The summed E-state index contributed by atoms with van der Waals surface area (Å²) >= 11 is 3.40. The second kappa shape index (κ2) is 3.85. The Bertz CT molecular complexity index is 699. The molecule has 0 saturated heterocycles. The lowest BCUT2D eigenvalue weighted by Crippen LogP contribution is -1.80. The zero-order chi connectivity index (χ0) is 11.8. The summed E-state index contributed by atoms with van der Waals surface area (Å²) in [7, 11) is 0. The first kappa shape index (κ1) is 10.3. The Balaban J connectivity index is 2.21. The fourth-order valence-corrected chi connectivity index (χ4v) is 2.10. The van der Waals surface area contributed by atoms with Crippen molar-refractivity contribution in [3.8, 4) is 11.5 Å². The maximum absolute atomic E-state index is 10.8. The zero-order valence-corrected chi connectivity index (χ0v) is 10.2. The summed E-state index contributed by atoms with van der Waals surface area (Å²) < 4.78 is 6.64. The molecule has 0 radical (unpaired) electrons. The van der Waals surface area contributed by atoms with Crippen molar-refractivity contribution in [3.05, 3.63) is 40.5 Å². The van der Waals surface area contributed by atoms with Crippen molar-refractivity contribution >= 4 is 33.2 Å². The number of carbonyl (C=O) groups is 1. The molecule has 0 aliphatic carbocycles. The van der Waals surface area contributed by atoms with Gasteiger partial charge < -0.3 is 4.42 Å². The number of aldehydes is 1. The van der Waals surface area contributed by atoms with Gasteiger partial charge in [-0.1, -0.05) is 15.9 Å². The Morgan fingerprint density at radius 2 is 2.24 bits per heavy atom. The van der Waals surface area contributed by atoms with Crippen LogP contribution in [-0.4, -0.2) is 16.5 Å². The summed E-state index contributed by atoms with van der Waals surface area (Å²) in [6.07, 6.45) is 2.23. The first-order valence-corrected chi connectivity index (χ1v) is 5.75. The van der Waals surface area contributed by atoms with Gasteiger partial charge in [-0.2, -0.15) is 5.10 Å². The van der Waals surface area contributed by atoms with Crippen LogP contribution in [0.4, 0.5) is 0 Å². The van der Waals surface area contributed by atoms with Crippen LogP contribution in [0.5, 0.6) is 0 Å². The Morgan fingerprint density at radius 3 is 3.06 bits per heavy atom. The summed E-state index contributed by atoms with van der Waals surface area (Å²) in [6.45, 7) is 0. The largest absolute Gasteiger partial charge is 0.454 e. The SMILES string of the molecule is O=Cc1cn[nH]c1-c1cc2cc(Br)ccc2o1. The fraction of sp³-hybridized carbons (Fsp3) is 0. The Labute approximate surface area is 105 Å². The quantitative estimate of drug-likeness (QED) is 0.736. The first-order chi connectivity index (χ1) is 8.28. The molecule has 84 valence electrons. The second-order valence-corrected chi connectivity index (χ2v) is 4.53. The van der Waals surface area contributed by atoms with E-state index in [1.54, 1.807) is 0 Å². The molecular weight excluding hydrogens is 284 g/mol. The number of fused-ring (bicyclic) bond motifs is 1. The molecule has 2 heterocycles. The Hall–Kier alpha value is -1.88. The van der Waals surface area contributed by atoms with Crippen molar-refractivity contribution in [2.75, 3.05) is 0 Å². The van der Waals surface area contributed by atoms with E-state index in [0.717, 1.165) is 21.7 Å². The van der Waals surface area contributed by atoms with Crippen molar-refractivity contribution in [3.63, 3.8) is 0 Å². The predicted molar refractivity (Wildman–Crippen MR) is 66.9 cm³/mol. The van der Waals surface area contributed by atoms with Gasteiger partial charge in [0.25, 0.3) is 0 Å². The minimum absolute atomic E-state index is 0.489. The van der Waals surface area contributed by atoms with Crippen molar-refractivity contribution in [1.29, 1.82) is 0 Å². The number of carbonyl (C=O) groups excluding carboxylic acids is 1. The van der Waals surface area contributed by atoms with Crippen molar-refractivity contribution in [2.45, 2.75) is 0 Å². The molecule has 1 N–H and O–H groups in total. The van der Waals surface area contributed by atoms with Gasteiger partial charge in [-0.3, -0.25) is 9.89 Å². The van der Waals surface area contributed by atoms with E-state index in [2.05, 4.69) is 26.1 Å². The molecular formula is C12H7BrN2O2. The second-order valence-electron chi connectivity index (χ2n) is 3.61. The normalized spacial score (nSPS) is 10.9. The number of nitrogens with zero attached hydrogens (tertiary/aromatic N) is 1. The van der Waals surface area contributed by atoms with Gasteiger partial charge in [0.1, 0.15) is 11.3 Å². The number of hydrogen-bond acceptors (Lipinski definition) is 3. The third-order valence-corrected chi connectivity index (χ3v) is 3.01. The lowest BCUT2D eigenvalue weighted by molar-refractivity contribution is 0.112. The molecule has 0 saturated carbocycles. The van der Waals surface area contributed by atoms with Gasteiger partial charge >= 0.3 is 0 Å². The van der Waals surface area contributed by atoms with Gasteiger partial charge in [0.2, 0.25) is 0 Å². The molecule has 0 aliphatic heterocycles. The van der Waals surface area contributed by atoms with Crippen LogP contribution in [0.15, 0.2) is 39.4 Å². The molecule has 1 aromatic carbocycles. The number of halogens is 1. The van der Waals surface area contributed by atoms with E-state index < -0.39 is 0 Å². The van der Waals surface area contributed by atoms with Gasteiger partial charge in [0.15, 0.2) is 12.0 Å². The number of hydrogen-bond donors (Lipinski definition) is 1. The summed E-state index contributed by atoms with van der Waals surface area (Å²) in [5.74, 6) is 0.609. The average molecular weight is 291 g/mol. The van der Waals surface area contributed by atoms with E-state index >= 15 is 0 Å². The monoisotopic (exact) mass is 290 g/mol. The maximum Gasteiger partial charge on any atom is 0.153 e. The lowest BCUT2D eigenvalue weighted by atomic mass is 10.2. The standard InChI is InChI=1S/C12H7BrN2O2/c13-9-1-2-10-7(3-9)4-11(17-10)12-8(6-16)5-14-15-12/h1-6H,(H,14,15). The number of aromatic nitrogens is 2. The smallest absolute Gasteiger partial charge is 0.153 e. The van der Waals surface area contributed by atoms with Crippen LogP contribution in [0.2, 0.25) is 0 Å². The summed E-state index contributed by atoms with van der Waals surface area (Å²) in [5, 5.41) is 7.57. The molecule has 0 bridgehead atoms. The van der Waals surface area contributed by atoms with E-state index in [0.29, 0.717) is 17.0 Å². The molecule has 3 aromatic rings. The van der Waals surface area contributed by atoms with Crippen LogP contribution in [0.25, 0.3) is 22.4 Å². The molecule has 0 aliphatic rings. The lowest BCUT2D eigenvalue weighted by Gasteiger charge is -1.91. The van der Waals surface area contributed by atoms with Crippen molar-refractivity contribution in [1.82, 2.24) is 10.2 Å². The minimum atomic E-state index is 0.489. The number of nitrogens with one attached hydrogen (secondary N) is 1. The fourth-order valence-electron chi connectivity index (χ4n) is 1.72. The molecule has 3 rings (SSSR count). The van der Waals surface area contributed by atoms with E-state index in [-0.39, 0.29) is 0 Å². The molecule has 5 heteroatoms. The minimum Gasteiger partial charge on any atom is -0.454 e. The summed E-state index contributed by atoms with van der Waals surface area (Å²) in [6, 6.07) is 7.61. The molecule has 17 heavy (non-hydrogen) atoms. The zero-order valence-electron chi connectivity index (χ0n) is 8.61. The van der Waals surface area contributed by atoms with Crippen LogP contribution in [0.3, 0.4) is 0 Å². The molecule has 0 atom stereocenters. The number of rotatable bonds is 2.